The lowest BCUT2D eigenvalue weighted by atomic mass is 9.86. The average Bonchev–Trinajstić information content (AvgIpc) is 2.46. The van der Waals surface area contributed by atoms with Gasteiger partial charge in [-0.3, -0.25) is 9.79 Å². The number of nitrogens with two attached hydrogens (primary N) is 1. The van der Waals surface area contributed by atoms with E-state index in [1.807, 2.05) is 0 Å². The molecule has 0 aliphatic heterocycles. The van der Waals surface area contributed by atoms with Gasteiger partial charge in [0.05, 0.1) is 18.6 Å². The molecule has 1 fully saturated rings. The Bertz CT molecular complexity index is 507. The van der Waals surface area contributed by atoms with Crippen LogP contribution in [-0.2, 0) is 14.3 Å². The highest BCUT2D eigenvalue weighted by Gasteiger charge is 2.41. The summed E-state index contributed by atoms with van der Waals surface area (Å²) in [6.45, 7) is 1.93. The molecule has 0 amide bonds. The Hall–Kier alpha value is -2.06. The molecule has 0 saturated heterocycles. The van der Waals surface area contributed by atoms with Crippen LogP contribution in [0.25, 0.3) is 0 Å². The number of esters is 1. The number of ether oxygens (including phenoxy) is 1. The number of carboxylic acids is 1. The fourth-order valence-electron chi connectivity index (χ4n) is 2.43. The third kappa shape index (κ3) is 5.26. The van der Waals surface area contributed by atoms with E-state index in [4.69, 9.17) is 15.6 Å². The van der Waals surface area contributed by atoms with Crippen LogP contribution in [0.1, 0.15) is 32.6 Å². The summed E-state index contributed by atoms with van der Waals surface area (Å²) in [5.41, 5.74) is 2.41. The molecule has 1 rings (SSSR count). The monoisotopic (exact) mass is 336 g/mol. The van der Waals surface area contributed by atoms with Crippen molar-refractivity contribution in [2.75, 3.05) is 6.61 Å². The van der Waals surface area contributed by atoms with Gasteiger partial charge < -0.3 is 15.6 Å². The molecule has 1 aliphatic carbocycles. The Labute approximate surface area is 131 Å². The number of carbonyl (C=O) groups is 2. The normalized spacial score (nSPS) is 23.5. The molecule has 0 aromatic rings. The summed E-state index contributed by atoms with van der Waals surface area (Å²) < 4.78 is 43.9. The van der Waals surface area contributed by atoms with Crippen molar-refractivity contribution in [3.8, 4) is 0 Å². The molecule has 0 unspecified atom stereocenters. The van der Waals surface area contributed by atoms with E-state index in [1.165, 1.54) is 0 Å². The standard InChI is InChI=1S/C14H19F3N2O4/c1-2-23-13(22)8-3-5-9(6-4-8)19-11(14(15,16)17)10(7-18)12(20)21/h7-9H,2-6,18H2,1H3,(H,20,21). The molecule has 3 N–H and O–H groups in total. The van der Waals surface area contributed by atoms with E-state index in [0.717, 1.165) is 0 Å². The maximum absolute atomic E-state index is 13.0. The van der Waals surface area contributed by atoms with E-state index in [-0.39, 0.29) is 31.3 Å². The smallest absolute Gasteiger partial charge is 0.433 e. The third-order valence-corrected chi connectivity index (χ3v) is 3.55. The number of carboxylic acid groups (broad SMARTS) is 1. The van der Waals surface area contributed by atoms with Crippen LogP contribution < -0.4 is 5.73 Å². The summed E-state index contributed by atoms with van der Waals surface area (Å²) in [7, 11) is 0. The lowest BCUT2D eigenvalue weighted by Gasteiger charge is -2.25. The van der Waals surface area contributed by atoms with E-state index < -0.39 is 29.5 Å². The number of alkyl halides is 3. The number of aliphatic carboxylic acids is 1. The molecular weight excluding hydrogens is 317 g/mol. The van der Waals surface area contributed by atoms with Crippen molar-refractivity contribution in [1.82, 2.24) is 0 Å². The van der Waals surface area contributed by atoms with Crippen LogP contribution in [0.5, 0.6) is 0 Å². The summed E-state index contributed by atoms with van der Waals surface area (Å²) in [6, 6.07) is -0.702. The van der Waals surface area contributed by atoms with E-state index in [0.29, 0.717) is 19.0 Å². The minimum absolute atomic E-state index is 0.248. The first kappa shape index (κ1) is 19.0. The summed E-state index contributed by atoms with van der Waals surface area (Å²) in [5.74, 6) is -2.50. The van der Waals surface area contributed by atoms with Crippen LogP contribution in [0.15, 0.2) is 16.8 Å². The third-order valence-electron chi connectivity index (χ3n) is 3.55. The number of hydrogen-bond acceptors (Lipinski definition) is 5. The quantitative estimate of drug-likeness (QED) is 0.454. The average molecular weight is 336 g/mol. The Morgan fingerprint density at radius 3 is 2.26 bits per heavy atom. The molecule has 23 heavy (non-hydrogen) atoms. The van der Waals surface area contributed by atoms with Crippen LogP contribution in [0, 0.1) is 5.92 Å². The zero-order valence-corrected chi connectivity index (χ0v) is 12.6. The van der Waals surface area contributed by atoms with Crippen molar-refractivity contribution < 1.29 is 32.6 Å². The first-order chi connectivity index (χ1) is 10.7. The molecule has 0 spiro atoms. The molecule has 0 atom stereocenters. The minimum Gasteiger partial charge on any atom is -0.478 e. The Morgan fingerprint density at radius 1 is 1.30 bits per heavy atom. The van der Waals surface area contributed by atoms with E-state index >= 15 is 0 Å². The minimum atomic E-state index is -4.92. The van der Waals surface area contributed by atoms with Crippen LogP contribution >= 0.6 is 0 Å². The van der Waals surface area contributed by atoms with Gasteiger partial charge in [-0.25, -0.2) is 4.79 Å². The Balaban J connectivity index is 2.87. The SMILES string of the molecule is CCOC(=O)C1CCC(N=C(C(=CN)C(=O)O)C(F)(F)F)CC1. The summed E-state index contributed by atoms with van der Waals surface area (Å²) in [6.07, 6.45) is -3.32. The Kier molecular flexibility index (Phi) is 6.59. The van der Waals surface area contributed by atoms with Gasteiger partial charge >= 0.3 is 18.1 Å². The largest absolute Gasteiger partial charge is 0.478 e. The number of rotatable bonds is 5. The second-order valence-corrected chi connectivity index (χ2v) is 5.12. The highest BCUT2D eigenvalue weighted by molar-refractivity contribution is 6.21. The molecule has 1 saturated carbocycles. The maximum Gasteiger partial charge on any atom is 0.433 e. The number of carbonyl (C=O) groups excluding carboxylic acids is 1. The zero-order valence-electron chi connectivity index (χ0n) is 12.6. The predicted octanol–water partition coefficient (Wildman–Crippen LogP) is 2.04. The van der Waals surface area contributed by atoms with Crippen LogP contribution in [0.4, 0.5) is 13.2 Å². The van der Waals surface area contributed by atoms with Crippen molar-refractivity contribution in [1.29, 1.82) is 0 Å². The molecule has 6 nitrogen and oxygen atoms in total. The van der Waals surface area contributed by atoms with E-state index in [2.05, 4.69) is 4.99 Å². The van der Waals surface area contributed by atoms with Gasteiger partial charge in [-0.1, -0.05) is 0 Å². The lowest BCUT2D eigenvalue weighted by Crippen LogP contribution is -2.32. The molecule has 0 aromatic carbocycles. The number of nitrogens with zero attached hydrogens (tertiary/aromatic N) is 1. The van der Waals surface area contributed by atoms with Gasteiger partial charge in [0.25, 0.3) is 0 Å². The predicted molar refractivity (Wildman–Crippen MR) is 75.8 cm³/mol. The second kappa shape index (κ2) is 7.98. The van der Waals surface area contributed by atoms with Crippen molar-refractivity contribution >= 4 is 17.7 Å². The van der Waals surface area contributed by atoms with E-state index in [9.17, 15) is 22.8 Å². The fourth-order valence-corrected chi connectivity index (χ4v) is 2.43. The first-order valence-electron chi connectivity index (χ1n) is 7.17. The number of halogens is 3. The zero-order chi connectivity index (χ0) is 17.6. The van der Waals surface area contributed by atoms with E-state index in [1.54, 1.807) is 6.92 Å². The summed E-state index contributed by atoms with van der Waals surface area (Å²) in [5, 5.41) is 8.82. The highest BCUT2D eigenvalue weighted by Crippen LogP contribution is 2.30. The second-order valence-electron chi connectivity index (χ2n) is 5.12. The van der Waals surface area contributed by atoms with Gasteiger partial charge in [-0.15, -0.1) is 0 Å². The molecule has 130 valence electrons. The van der Waals surface area contributed by atoms with Gasteiger partial charge in [-0.2, -0.15) is 13.2 Å². The van der Waals surface area contributed by atoms with Crippen LogP contribution in [0.3, 0.4) is 0 Å². The molecule has 0 aromatic heterocycles. The molecular formula is C14H19F3N2O4. The number of aliphatic imine (C=N–C) groups is 1. The fraction of sp³-hybridized carbons (Fsp3) is 0.643. The molecule has 0 radical (unpaired) electrons. The van der Waals surface area contributed by atoms with Gasteiger partial charge in [-0.05, 0) is 32.6 Å². The molecule has 1 aliphatic rings. The summed E-state index contributed by atoms with van der Waals surface area (Å²) >= 11 is 0. The van der Waals surface area contributed by atoms with Crippen molar-refractivity contribution in [2.24, 2.45) is 16.6 Å². The Morgan fingerprint density at radius 2 is 1.87 bits per heavy atom. The lowest BCUT2D eigenvalue weighted by molar-refractivity contribution is -0.149. The topological polar surface area (TPSA) is 102 Å². The van der Waals surface area contributed by atoms with Gasteiger partial charge in [0, 0.05) is 6.20 Å². The first-order valence-corrected chi connectivity index (χ1v) is 7.17. The molecule has 0 heterocycles. The van der Waals surface area contributed by atoms with Gasteiger partial charge in [0.15, 0.2) is 5.71 Å². The van der Waals surface area contributed by atoms with Crippen LogP contribution in [0.2, 0.25) is 0 Å². The van der Waals surface area contributed by atoms with Crippen molar-refractivity contribution in [2.45, 2.75) is 44.8 Å². The van der Waals surface area contributed by atoms with Gasteiger partial charge in [0.1, 0.15) is 5.57 Å². The van der Waals surface area contributed by atoms with Gasteiger partial charge in [0.2, 0.25) is 0 Å². The van der Waals surface area contributed by atoms with Crippen molar-refractivity contribution in [3.63, 3.8) is 0 Å². The van der Waals surface area contributed by atoms with Crippen LogP contribution in [-0.4, -0.2) is 41.6 Å². The highest BCUT2D eigenvalue weighted by atomic mass is 19.4. The summed E-state index contributed by atoms with van der Waals surface area (Å²) in [4.78, 5) is 26.0. The molecule has 0 bridgehead atoms. The maximum atomic E-state index is 13.0. The number of hydrogen-bond donors (Lipinski definition) is 2. The van der Waals surface area contributed by atoms with Crippen molar-refractivity contribution in [3.05, 3.63) is 11.8 Å². The molecule has 9 heteroatoms.